The van der Waals surface area contributed by atoms with Crippen LogP contribution in [0.15, 0.2) is 29.2 Å². The number of nitrogens with one attached hydrogen (secondary N) is 1. The molecule has 188 valence electrons. The SMILES string of the molecule is CC(C)Sc1cccc(CCc2c(OC3O[C@H](C(=O)O)[C@@H](O)[C@H](O)[C@H]3O)n[nH]c2C(F)(F)F)c1. The standard InChI is InChI=1S/C21H25F3N2O7S/c1-9(2)34-11-5-3-4-10(8-11)6-7-12-17(21(22,23)24)25-26-18(12)33-20-15(29)13(27)14(28)16(32-20)19(30)31/h3-5,8-9,13-16,20,27-29H,6-7H2,1-2H3,(H,25,26)(H,30,31)/t13-,14-,15+,16-,20?/m0/s1. The number of halogens is 3. The van der Waals surface area contributed by atoms with E-state index in [4.69, 9.17) is 14.6 Å². The molecule has 5 N–H and O–H groups in total. The molecular weight excluding hydrogens is 481 g/mol. The topological polar surface area (TPSA) is 145 Å². The normalized spacial score (nSPS) is 25.5. The third-order valence-corrected chi connectivity index (χ3v) is 6.08. The van der Waals surface area contributed by atoms with Crippen LogP contribution >= 0.6 is 11.8 Å². The Morgan fingerprint density at radius 2 is 1.91 bits per heavy atom. The maximum atomic E-state index is 13.6. The fraction of sp³-hybridized carbons (Fsp3) is 0.524. The van der Waals surface area contributed by atoms with E-state index in [2.05, 4.69) is 5.10 Å². The number of H-pyrrole nitrogens is 1. The lowest BCUT2D eigenvalue weighted by molar-refractivity contribution is -0.271. The van der Waals surface area contributed by atoms with Crippen LogP contribution in [0.4, 0.5) is 13.2 Å². The van der Waals surface area contributed by atoms with E-state index >= 15 is 0 Å². The van der Waals surface area contributed by atoms with Gasteiger partial charge in [-0.2, -0.15) is 13.2 Å². The molecule has 1 aliphatic rings. The van der Waals surface area contributed by atoms with Crippen LogP contribution in [-0.4, -0.2) is 72.5 Å². The predicted molar refractivity (Wildman–Crippen MR) is 113 cm³/mol. The lowest BCUT2D eigenvalue weighted by Crippen LogP contribution is -2.61. The molecule has 0 amide bonds. The Kier molecular flexibility index (Phi) is 8.14. The number of hydrogen-bond donors (Lipinski definition) is 5. The summed E-state index contributed by atoms with van der Waals surface area (Å²) in [6, 6.07) is 7.37. The number of carboxylic acids is 1. The number of thioether (sulfide) groups is 1. The number of aliphatic hydroxyl groups is 3. The number of alkyl halides is 3. The maximum Gasteiger partial charge on any atom is 0.433 e. The first-order valence-electron chi connectivity index (χ1n) is 10.4. The van der Waals surface area contributed by atoms with Gasteiger partial charge in [0.1, 0.15) is 24.0 Å². The number of aryl methyl sites for hydroxylation is 1. The highest BCUT2D eigenvalue weighted by Crippen LogP contribution is 2.36. The molecule has 5 atom stereocenters. The monoisotopic (exact) mass is 506 g/mol. The highest BCUT2D eigenvalue weighted by atomic mass is 32.2. The van der Waals surface area contributed by atoms with Gasteiger partial charge in [0.05, 0.1) is 0 Å². The molecule has 1 aromatic carbocycles. The predicted octanol–water partition coefficient (Wildman–Crippen LogP) is 1.99. The van der Waals surface area contributed by atoms with Gasteiger partial charge in [-0.15, -0.1) is 16.9 Å². The van der Waals surface area contributed by atoms with Crippen LogP contribution < -0.4 is 4.74 Å². The number of carbonyl (C=O) groups is 1. The summed E-state index contributed by atoms with van der Waals surface area (Å²) in [4.78, 5) is 12.2. The second-order valence-corrected chi connectivity index (χ2v) is 9.70. The molecule has 1 aliphatic heterocycles. The smallest absolute Gasteiger partial charge is 0.433 e. The van der Waals surface area contributed by atoms with Gasteiger partial charge in [-0.3, -0.25) is 5.10 Å². The summed E-state index contributed by atoms with van der Waals surface area (Å²) in [7, 11) is 0. The molecule has 3 rings (SSSR count). The van der Waals surface area contributed by atoms with E-state index in [1.165, 1.54) is 0 Å². The van der Waals surface area contributed by atoms with Crippen LogP contribution in [0.2, 0.25) is 0 Å². The van der Waals surface area contributed by atoms with E-state index in [0.717, 1.165) is 10.5 Å². The molecule has 0 radical (unpaired) electrons. The van der Waals surface area contributed by atoms with Crippen molar-refractivity contribution in [3.05, 3.63) is 41.1 Å². The Hall–Kier alpha value is -2.32. The van der Waals surface area contributed by atoms with Gasteiger partial charge in [-0.05, 0) is 30.5 Å². The van der Waals surface area contributed by atoms with Gasteiger partial charge < -0.3 is 29.9 Å². The summed E-state index contributed by atoms with van der Waals surface area (Å²) >= 11 is 1.61. The molecule has 1 saturated heterocycles. The van der Waals surface area contributed by atoms with Gasteiger partial charge in [-0.25, -0.2) is 4.79 Å². The third-order valence-electron chi connectivity index (χ3n) is 5.09. The first kappa shape index (κ1) is 26.3. The number of benzene rings is 1. The summed E-state index contributed by atoms with van der Waals surface area (Å²) in [5.41, 5.74) is -0.724. The van der Waals surface area contributed by atoms with E-state index in [1.807, 2.05) is 37.1 Å². The lowest BCUT2D eigenvalue weighted by atomic mass is 9.99. The molecule has 1 aromatic heterocycles. The molecule has 34 heavy (non-hydrogen) atoms. The van der Waals surface area contributed by atoms with Crippen molar-refractivity contribution in [2.75, 3.05) is 0 Å². The average Bonchev–Trinajstić information content (AvgIpc) is 3.15. The van der Waals surface area contributed by atoms with Crippen LogP contribution in [0.1, 0.15) is 30.7 Å². The van der Waals surface area contributed by atoms with Gasteiger partial charge >= 0.3 is 12.1 Å². The van der Waals surface area contributed by atoms with Crippen LogP contribution in [0.3, 0.4) is 0 Å². The molecule has 0 aliphatic carbocycles. The number of aromatic nitrogens is 2. The number of aliphatic hydroxyl groups excluding tert-OH is 3. The first-order chi connectivity index (χ1) is 15.9. The van der Waals surface area contributed by atoms with Crippen molar-refractivity contribution in [1.29, 1.82) is 0 Å². The van der Waals surface area contributed by atoms with Crippen LogP contribution in [0.5, 0.6) is 5.88 Å². The fourth-order valence-corrected chi connectivity index (χ4v) is 4.41. The van der Waals surface area contributed by atoms with E-state index < -0.39 is 54.4 Å². The van der Waals surface area contributed by atoms with Crippen LogP contribution in [-0.2, 0) is 28.5 Å². The number of aromatic amines is 1. The zero-order chi connectivity index (χ0) is 25.2. The second-order valence-electron chi connectivity index (χ2n) is 8.05. The number of nitrogens with zero attached hydrogens (tertiary/aromatic N) is 1. The van der Waals surface area contributed by atoms with E-state index in [9.17, 15) is 33.3 Å². The van der Waals surface area contributed by atoms with Crippen molar-refractivity contribution >= 4 is 17.7 Å². The van der Waals surface area contributed by atoms with Crippen LogP contribution in [0.25, 0.3) is 0 Å². The molecule has 0 spiro atoms. The van der Waals surface area contributed by atoms with Crippen molar-refractivity contribution in [3.63, 3.8) is 0 Å². The maximum absolute atomic E-state index is 13.6. The number of aliphatic carboxylic acids is 1. The largest absolute Gasteiger partial charge is 0.479 e. The average molecular weight is 506 g/mol. The number of carboxylic acid groups (broad SMARTS) is 1. The molecule has 9 nitrogen and oxygen atoms in total. The Bertz CT molecular complexity index is 1000. The quantitative estimate of drug-likeness (QED) is 0.339. The van der Waals surface area contributed by atoms with Gasteiger partial charge in [0.15, 0.2) is 6.10 Å². The van der Waals surface area contributed by atoms with Gasteiger partial charge in [0.25, 0.3) is 0 Å². The van der Waals surface area contributed by atoms with Crippen molar-refractivity contribution in [1.82, 2.24) is 10.2 Å². The minimum absolute atomic E-state index is 0.146. The number of rotatable bonds is 8. The van der Waals surface area contributed by atoms with Crippen molar-refractivity contribution in [2.45, 2.75) is 73.7 Å². The lowest BCUT2D eigenvalue weighted by Gasteiger charge is -2.38. The fourth-order valence-electron chi connectivity index (χ4n) is 3.49. The molecule has 0 bridgehead atoms. The highest BCUT2D eigenvalue weighted by molar-refractivity contribution is 7.99. The third kappa shape index (κ3) is 6.02. The minimum atomic E-state index is -4.79. The Labute approximate surface area is 196 Å². The molecule has 1 fully saturated rings. The number of ether oxygens (including phenoxy) is 2. The summed E-state index contributed by atoms with van der Waals surface area (Å²) in [6.45, 7) is 4.04. The molecule has 0 saturated carbocycles. The summed E-state index contributed by atoms with van der Waals surface area (Å²) in [6.07, 6.45) is -14.4. The zero-order valence-electron chi connectivity index (χ0n) is 18.2. The summed E-state index contributed by atoms with van der Waals surface area (Å²) in [5.74, 6) is -2.21. The Morgan fingerprint density at radius 3 is 2.53 bits per heavy atom. The molecular formula is C21H25F3N2O7S. The molecule has 2 aromatic rings. The second kappa shape index (κ2) is 10.5. The van der Waals surface area contributed by atoms with E-state index in [0.29, 0.717) is 5.25 Å². The van der Waals surface area contributed by atoms with Crippen LogP contribution in [0, 0.1) is 0 Å². The van der Waals surface area contributed by atoms with Crippen molar-refractivity contribution in [2.24, 2.45) is 0 Å². The zero-order valence-corrected chi connectivity index (χ0v) is 19.0. The Morgan fingerprint density at radius 1 is 1.21 bits per heavy atom. The first-order valence-corrected chi connectivity index (χ1v) is 11.3. The molecule has 13 heteroatoms. The van der Waals surface area contributed by atoms with E-state index in [-0.39, 0.29) is 18.4 Å². The molecule has 2 heterocycles. The summed E-state index contributed by atoms with van der Waals surface area (Å²) < 4.78 is 51.0. The number of hydrogen-bond acceptors (Lipinski definition) is 8. The van der Waals surface area contributed by atoms with Crippen molar-refractivity contribution in [3.8, 4) is 5.88 Å². The molecule has 1 unspecified atom stereocenters. The minimum Gasteiger partial charge on any atom is -0.479 e. The van der Waals surface area contributed by atoms with Gasteiger partial charge in [0.2, 0.25) is 12.2 Å². The van der Waals surface area contributed by atoms with E-state index in [1.54, 1.807) is 17.8 Å². The summed E-state index contributed by atoms with van der Waals surface area (Å²) in [5, 5.41) is 44.7. The Balaban J connectivity index is 1.84. The highest BCUT2D eigenvalue weighted by Gasteiger charge is 2.49. The van der Waals surface area contributed by atoms with Gasteiger partial charge in [0, 0.05) is 15.7 Å². The van der Waals surface area contributed by atoms with Crippen molar-refractivity contribution < 1.29 is 47.9 Å². The van der Waals surface area contributed by atoms with Gasteiger partial charge in [-0.1, -0.05) is 26.0 Å².